The average Bonchev–Trinajstić information content (AvgIpc) is 2.66. The molecule has 2 atom stereocenters. The second-order valence-corrected chi connectivity index (χ2v) is 6.05. The molecule has 0 aromatic heterocycles. The fraction of sp³-hybridized carbons (Fsp3) is 0.556. The summed E-state index contributed by atoms with van der Waals surface area (Å²) in [6, 6.07) is 2.42. The van der Waals surface area contributed by atoms with E-state index >= 15 is 0 Å². The van der Waals surface area contributed by atoms with Crippen molar-refractivity contribution in [1.29, 1.82) is 0 Å². The Labute approximate surface area is 153 Å². The van der Waals surface area contributed by atoms with Crippen molar-refractivity contribution in [3.05, 3.63) is 23.3 Å². The Hall–Kier alpha value is -2.32. The predicted octanol–water partition coefficient (Wildman–Crippen LogP) is 0.666. The smallest absolute Gasteiger partial charge is 0.307 e. The third-order valence-corrected chi connectivity index (χ3v) is 4.54. The number of nitrogens with zero attached hydrogens (tertiary/aromatic N) is 1. The number of benzene rings is 1. The lowest BCUT2D eigenvalue weighted by molar-refractivity contribution is -0.145. The first-order chi connectivity index (χ1) is 12.5. The molecule has 1 aliphatic rings. The van der Waals surface area contributed by atoms with E-state index in [9.17, 15) is 9.59 Å². The molecule has 2 N–H and O–H groups in total. The van der Waals surface area contributed by atoms with Crippen LogP contribution in [-0.4, -0.2) is 64.4 Å². The number of carbonyl (C=O) groups is 2. The zero-order valence-corrected chi connectivity index (χ0v) is 15.6. The van der Waals surface area contributed by atoms with Crippen molar-refractivity contribution in [2.24, 2.45) is 5.73 Å². The van der Waals surface area contributed by atoms with Gasteiger partial charge < -0.3 is 29.6 Å². The third kappa shape index (κ3) is 4.08. The molecule has 0 bridgehead atoms. The normalized spacial score (nSPS) is 17.3. The Morgan fingerprint density at radius 1 is 1.19 bits per heavy atom. The number of hydrogen-bond acceptors (Lipinski definition) is 7. The molecule has 0 fully saturated rings. The van der Waals surface area contributed by atoms with Crippen LogP contribution in [0.15, 0.2) is 12.1 Å². The van der Waals surface area contributed by atoms with Gasteiger partial charge in [0, 0.05) is 13.7 Å². The minimum absolute atomic E-state index is 0.0322. The molecule has 1 aromatic rings. The molecule has 0 saturated heterocycles. The highest BCUT2D eigenvalue weighted by Gasteiger charge is 2.35. The number of amides is 1. The average molecular weight is 366 g/mol. The first-order valence-corrected chi connectivity index (χ1v) is 8.33. The van der Waals surface area contributed by atoms with E-state index in [1.165, 1.54) is 14.2 Å². The molecule has 26 heavy (non-hydrogen) atoms. The second-order valence-electron chi connectivity index (χ2n) is 6.05. The molecule has 0 aliphatic carbocycles. The van der Waals surface area contributed by atoms with Crippen LogP contribution in [0.25, 0.3) is 0 Å². The highest BCUT2D eigenvalue weighted by Crippen LogP contribution is 2.39. The zero-order chi connectivity index (χ0) is 19.3. The minimum Gasteiger partial charge on any atom is -0.493 e. The summed E-state index contributed by atoms with van der Waals surface area (Å²) in [4.78, 5) is 26.3. The molecule has 0 radical (unpaired) electrons. The van der Waals surface area contributed by atoms with Crippen LogP contribution >= 0.6 is 0 Å². The molecule has 1 aliphatic heterocycles. The standard InChI is InChI=1S/C18H26N2O6/c1-23-10-13(19)18(22)20-6-5-11-7-15(24-2)16(25-3)8-12(11)14(20)9-17(21)26-4/h7-8,13-14H,5-6,9-10,19H2,1-4H3. The Kier molecular flexibility index (Phi) is 6.82. The van der Waals surface area contributed by atoms with Crippen molar-refractivity contribution >= 4 is 11.9 Å². The Bertz CT molecular complexity index is 663. The maximum atomic E-state index is 12.8. The van der Waals surface area contributed by atoms with Gasteiger partial charge in [0.2, 0.25) is 5.91 Å². The maximum absolute atomic E-state index is 12.8. The Balaban J connectivity index is 2.44. The highest BCUT2D eigenvalue weighted by atomic mass is 16.5. The predicted molar refractivity (Wildman–Crippen MR) is 94.2 cm³/mol. The van der Waals surface area contributed by atoms with Crippen LogP contribution in [0.3, 0.4) is 0 Å². The molecular formula is C18H26N2O6. The van der Waals surface area contributed by atoms with E-state index in [1.54, 1.807) is 19.1 Å². The minimum atomic E-state index is -0.790. The van der Waals surface area contributed by atoms with Crippen LogP contribution in [0.1, 0.15) is 23.6 Å². The van der Waals surface area contributed by atoms with Gasteiger partial charge >= 0.3 is 5.97 Å². The van der Waals surface area contributed by atoms with Gasteiger partial charge in [-0.2, -0.15) is 0 Å². The Morgan fingerprint density at radius 3 is 2.42 bits per heavy atom. The number of fused-ring (bicyclic) bond motifs is 1. The van der Waals surface area contributed by atoms with E-state index in [0.717, 1.165) is 11.1 Å². The molecule has 1 heterocycles. The fourth-order valence-corrected chi connectivity index (χ4v) is 3.22. The lowest BCUT2D eigenvalue weighted by Crippen LogP contribution is -2.50. The molecule has 1 amide bonds. The van der Waals surface area contributed by atoms with Crippen LogP contribution in [0.4, 0.5) is 0 Å². The first-order valence-electron chi connectivity index (χ1n) is 8.33. The van der Waals surface area contributed by atoms with Crippen LogP contribution in [-0.2, 0) is 25.5 Å². The number of esters is 1. The first kappa shape index (κ1) is 20.0. The van der Waals surface area contributed by atoms with Crippen molar-refractivity contribution in [2.45, 2.75) is 24.9 Å². The van der Waals surface area contributed by atoms with Gasteiger partial charge in [-0.15, -0.1) is 0 Å². The van der Waals surface area contributed by atoms with Gasteiger partial charge in [-0.3, -0.25) is 9.59 Å². The van der Waals surface area contributed by atoms with Crippen LogP contribution in [0.2, 0.25) is 0 Å². The number of ether oxygens (including phenoxy) is 4. The SMILES string of the molecule is COCC(N)C(=O)N1CCc2cc(OC)c(OC)cc2C1CC(=O)OC. The topological polar surface area (TPSA) is 100 Å². The van der Waals surface area contributed by atoms with Gasteiger partial charge in [-0.25, -0.2) is 0 Å². The summed E-state index contributed by atoms with van der Waals surface area (Å²) in [6.45, 7) is 0.555. The van der Waals surface area contributed by atoms with Crippen molar-refractivity contribution < 1.29 is 28.5 Å². The van der Waals surface area contributed by atoms with Crippen molar-refractivity contribution in [1.82, 2.24) is 4.90 Å². The number of methoxy groups -OCH3 is 4. The summed E-state index contributed by atoms with van der Waals surface area (Å²) < 4.78 is 20.5. The molecule has 1 aromatic carbocycles. The van der Waals surface area contributed by atoms with Crippen LogP contribution < -0.4 is 15.2 Å². The summed E-state index contributed by atoms with van der Waals surface area (Å²) in [6.07, 6.45) is 0.656. The van der Waals surface area contributed by atoms with Crippen LogP contribution in [0, 0.1) is 0 Å². The van der Waals surface area contributed by atoms with Gasteiger partial charge in [-0.05, 0) is 29.7 Å². The van der Waals surface area contributed by atoms with Gasteiger partial charge in [-0.1, -0.05) is 0 Å². The van der Waals surface area contributed by atoms with E-state index in [4.69, 9.17) is 24.7 Å². The number of rotatable bonds is 7. The summed E-state index contributed by atoms with van der Waals surface area (Å²) in [7, 11) is 5.92. The van der Waals surface area contributed by atoms with Gasteiger partial charge in [0.05, 0.1) is 40.4 Å². The number of hydrogen-bond donors (Lipinski definition) is 1. The number of carbonyl (C=O) groups excluding carboxylic acids is 2. The fourth-order valence-electron chi connectivity index (χ4n) is 3.22. The van der Waals surface area contributed by atoms with E-state index in [0.29, 0.717) is 24.5 Å². The zero-order valence-electron chi connectivity index (χ0n) is 15.6. The molecule has 2 rings (SSSR count). The summed E-state index contributed by atoms with van der Waals surface area (Å²) >= 11 is 0. The quantitative estimate of drug-likeness (QED) is 0.708. The second kappa shape index (κ2) is 8.86. The summed E-state index contributed by atoms with van der Waals surface area (Å²) in [5, 5.41) is 0. The van der Waals surface area contributed by atoms with E-state index in [1.807, 2.05) is 12.1 Å². The maximum Gasteiger partial charge on any atom is 0.307 e. The van der Waals surface area contributed by atoms with Crippen LogP contribution in [0.5, 0.6) is 11.5 Å². The van der Waals surface area contributed by atoms with Gasteiger partial charge in [0.25, 0.3) is 0 Å². The molecule has 144 valence electrons. The van der Waals surface area contributed by atoms with E-state index in [2.05, 4.69) is 0 Å². The Morgan fingerprint density at radius 2 is 1.85 bits per heavy atom. The molecule has 0 saturated carbocycles. The largest absolute Gasteiger partial charge is 0.493 e. The molecule has 8 nitrogen and oxygen atoms in total. The molecular weight excluding hydrogens is 340 g/mol. The molecule has 0 spiro atoms. The van der Waals surface area contributed by atoms with Gasteiger partial charge in [0.15, 0.2) is 11.5 Å². The highest BCUT2D eigenvalue weighted by molar-refractivity contribution is 5.83. The van der Waals surface area contributed by atoms with Crippen molar-refractivity contribution in [3.8, 4) is 11.5 Å². The third-order valence-electron chi connectivity index (χ3n) is 4.54. The molecule has 8 heteroatoms. The monoisotopic (exact) mass is 366 g/mol. The molecule has 2 unspecified atom stereocenters. The summed E-state index contributed by atoms with van der Waals surface area (Å²) in [5.41, 5.74) is 7.76. The summed E-state index contributed by atoms with van der Waals surface area (Å²) in [5.74, 6) is 0.479. The van der Waals surface area contributed by atoms with E-state index in [-0.39, 0.29) is 18.9 Å². The van der Waals surface area contributed by atoms with Gasteiger partial charge in [0.1, 0.15) is 6.04 Å². The lowest BCUT2D eigenvalue weighted by atomic mass is 9.89. The lowest BCUT2D eigenvalue weighted by Gasteiger charge is -2.38. The van der Waals surface area contributed by atoms with Crippen molar-refractivity contribution in [3.63, 3.8) is 0 Å². The number of nitrogens with two attached hydrogens (primary N) is 1. The van der Waals surface area contributed by atoms with Crippen molar-refractivity contribution in [2.75, 3.05) is 41.6 Å². The van der Waals surface area contributed by atoms with E-state index < -0.39 is 18.1 Å².